The number of ether oxygens (including phenoxy) is 2. The van der Waals surface area contributed by atoms with Crippen LogP contribution in [0.15, 0.2) is 30.3 Å². The summed E-state index contributed by atoms with van der Waals surface area (Å²) in [5, 5.41) is 2.89. The zero-order chi connectivity index (χ0) is 22.4. The van der Waals surface area contributed by atoms with Crippen molar-refractivity contribution in [2.45, 2.75) is 46.3 Å². The van der Waals surface area contributed by atoms with Gasteiger partial charge in [-0.25, -0.2) is 0 Å². The Morgan fingerprint density at radius 1 is 1.23 bits per heavy atom. The molecule has 3 rings (SSSR count). The Hall–Kier alpha value is -2.64. The molecule has 2 atom stereocenters. The maximum absolute atomic E-state index is 13.0. The predicted octanol–water partition coefficient (Wildman–Crippen LogP) is 2.02. The number of hydrogen-bond donors (Lipinski definition) is 2. The Balaban J connectivity index is 1.59. The van der Waals surface area contributed by atoms with Crippen LogP contribution < -0.4 is 15.0 Å². The number of nitrogens with zero attached hydrogens (tertiary/aromatic N) is 1. The second-order valence-electron chi connectivity index (χ2n) is 8.19. The van der Waals surface area contributed by atoms with E-state index in [2.05, 4.69) is 9.88 Å². The Bertz CT molecular complexity index is 898. The van der Waals surface area contributed by atoms with Gasteiger partial charge in [-0.15, -0.1) is 0 Å². The van der Waals surface area contributed by atoms with Crippen molar-refractivity contribution in [2.75, 3.05) is 38.7 Å². The van der Waals surface area contributed by atoms with Gasteiger partial charge in [0.1, 0.15) is 12.3 Å². The number of nitrogens with one attached hydrogen (secondary N) is 2. The van der Waals surface area contributed by atoms with E-state index in [1.807, 2.05) is 26.8 Å². The molecule has 0 aliphatic carbocycles. The van der Waals surface area contributed by atoms with Crippen LogP contribution in [0.25, 0.3) is 0 Å². The lowest BCUT2D eigenvalue weighted by molar-refractivity contribution is -0.881. The molecule has 1 fully saturated rings. The minimum absolute atomic E-state index is 0.0702. The number of carbonyl (C=O) groups excluding carboxylic acids is 2. The zero-order valence-electron chi connectivity index (χ0n) is 19.0. The monoisotopic (exact) mass is 428 g/mol. The molecule has 7 nitrogen and oxygen atoms in total. The average molecular weight is 429 g/mol. The number of aromatic nitrogens is 1. The summed E-state index contributed by atoms with van der Waals surface area (Å²) >= 11 is 0. The lowest BCUT2D eigenvalue weighted by Crippen LogP contribution is -3.13. The second-order valence-corrected chi connectivity index (χ2v) is 8.19. The zero-order valence-corrected chi connectivity index (χ0v) is 19.0. The Kier molecular flexibility index (Phi) is 7.87. The second kappa shape index (κ2) is 10.6. The van der Waals surface area contributed by atoms with Crippen molar-refractivity contribution >= 4 is 17.4 Å². The van der Waals surface area contributed by atoms with Crippen LogP contribution in [0.1, 0.15) is 41.5 Å². The van der Waals surface area contributed by atoms with Crippen molar-refractivity contribution in [3.05, 3.63) is 47.3 Å². The van der Waals surface area contributed by atoms with Crippen LogP contribution in [0.2, 0.25) is 0 Å². The summed E-state index contributed by atoms with van der Waals surface area (Å²) in [6.45, 7) is 8.85. The van der Waals surface area contributed by atoms with E-state index >= 15 is 0 Å². The molecular formula is C24H34N3O4+. The van der Waals surface area contributed by atoms with E-state index in [0.717, 1.165) is 53.6 Å². The highest BCUT2D eigenvalue weighted by molar-refractivity contribution is 5.98. The molecule has 0 radical (unpaired) electrons. The number of ketones is 1. The third-order valence-corrected chi connectivity index (χ3v) is 5.98. The van der Waals surface area contributed by atoms with Crippen molar-refractivity contribution in [3.8, 4) is 5.75 Å². The number of Topliss-reactive ketones (excluding diaryl/α,β-unsaturated/α-hetero) is 1. The SMILES string of the molecule is CC[NH+](CC(=O)Nc1ccc(OC)cc1)CC(=O)c1cc(C)n(C[C@@H]2CCCO2)c1C. The molecule has 1 saturated heterocycles. The molecule has 2 heterocycles. The van der Waals surface area contributed by atoms with Gasteiger partial charge in [0.15, 0.2) is 6.54 Å². The quantitative estimate of drug-likeness (QED) is 0.568. The summed E-state index contributed by atoms with van der Waals surface area (Å²) in [5.41, 5.74) is 3.52. The predicted molar refractivity (Wildman–Crippen MR) is 120 cm³/mol. The van der Waals surface area contributed by atoms with E-state index < -0.39 is 0 Å². The normalized spacial score (nSPS) is 16.8. The van der Waals surface area contributed by atoms with Gasteiger partial charge in [0, 0.05) is 35.8 Å². The summed E-state index contributed by atoms with van der Waals surface area (Å²) < 4.78 is 13.1. The Morgan fingerprint density at radius 2 is 1.97 bits per heavy atom. The van der Waals surface area contributed by atoms with Crippen molar-refractivity contribution in [2.24, 2.45) is 0 Å². The topological polar surface area (TPSA) is 74.0 Å². The summed E-state index contributed by atoms with van der Waals surface area (Å²) in [6, 6.07) is 9.18. The minimum Gasteiger partial charge on any atom is -0.497 e. The van der Waals surface area contributed by atoms with Crippen molar-refractivity contribution < 1.29 is 24.0 Å². The molecule has 168 valence electrons. The Labute approximate surface area is 184 Å². The molecule has 1 amide bonds. The number of rotatable bonds is 10. The van der Waals surface area contributed by atoms with Crippen LogP contribution in [0.5, 0.6) is 5.75 Å². The van der Waals surface area contributed by atoms with Crippen molar-refractivity contribution in [3.63, 3.8) is 0 Å². The van der Waals surface area contributed by atoms with Crippen molar-refractivity contribution in [1.82, 2.24) is 4.57 Å². The van der Waals surface area contributed by atoms with Gasteiger partial charge in [-0.3, -0.25) is 9.59 Å². The first kappa shape index (κ1) is 23.0. The fourth-order valence-electron chi connectivity index (χ4n) is 4.10. The first-order valence-electron chi connectivity index (χ1n) is 11.0. The van der Waals surface area contributed by atoms with Gasteiger partial charge in [0.2, 0.25) is 5.78 Å². The maximum Gasteiger partial charge on any atom is 0.279 e. The molecule has 2 N–H and O–H groups in total. The smallest absolute Gasteiger partial charge is 0.279 e. The summed E-state index contributed by atoms with van der Waals surface area (Å²) in [4.78, 5) is 26.4. The van der Waals surface area contributed by atoms with Crippen LogP contribution in [-0.2, 0) is 16.1 Å². The molecular weight excluding hydrogens is 394 g/mol. The molecule has 31 heavy (non-hydrogen) atoms. The summed E-state index contributed by atoms with van der Waals surface area (Å²) in [7, 11) is 1.60. The first-order valence-corrected chi connectivity index (χ1v) is 11.0. The number of quaternary nitrogens is 1. The maximum atomic E-state index is 13.0. The number of aryl methyl sites for hydroxylation is 1. The molecule has 1 aromatic heterocycles. The van der Waals surface area contributed by atoms with Crippen LogP contribution in [0, 0.1) is 13.8 Å². The highest BCUT2D eigenvalue weighted by Crippen LogP contribution is 2.20. The standard InChI is InChI=1S/C24H33N3O4/c1-5-26(16-24(29)25-19-8-10-20(30-4)11-9-19)15-23(28)22-13-17(2)27(18(22)3)14-21-7-6-12-31-21/h8-11,13,21H,5-7,12,14-16H2,1-4H3,(H,25,29)/p+1/t21-/m0/s1. The molecule has 1 aliphatic heterocycles. The van der Waals surface area contributed by atoms with Crippen LogP contribution >= 0.6 is 0 Å². The average Bonchev–Trinajstić information content (AvgIpc) is 3.37. The third-order valence-electron chi connectivity index (χ3n) is 5.98. The van der Waals surface area contributed by atoms with E-state index in [-0.39, 0.29) is 30.9 Å². The molecule has 7 heteroatoms. The van der Waals surface area contributed by atoms with Crippen LogP contribution in [0.4, 0.5) is 5.69 Å². The largest absolute Gasteiger partial charge is 0.497 e. The van der Waals surface area contributed by atoms with Gasteiger partial charge in [-0.05, 0) is 63.9 Å². The van der Waals surface area contributed by atoms with Gasteiger partial charge in [-0.2, -0.15) is 0 Å². The number of likely N-dealkylation sites (N-methyl/N-ethyl adjacent to an activating group) is 1. The van der Waals surface area contributed by atoms with E-state index in [9.17, 15) is 9.59 Å². The highest BCUT2D eigenvalue weighted by Gasteiger charge is 2.24. The van der Waals surface area contributed by atoms with Crippen molar-refractivity contribution in [1.29, 1.82) is 0 Å². The van der Waals surface area contributed by atoms with Gasteiger partial charge >= 0.3 is 0 Å². The van der Waals surface area contributed by atoms with Gasteiger partial charge in [-0.1, -0.05) is 0 Å². The number of hydrogen-bond acceptors (Lipinski definition) is 4. The Morgan fingerprint density at radius 3 is 2.58 bits per heavy atom. The van der Waals surface area contributed by atoms with Gasteiger partial charge in [0.25, 0.3) is 5.91 Å². The fourth-order valence-corrected chi connectivity index (χ4v) is 4.10. The van der Waals surface area contributed by atoms with E-state index in [1.54, 1.807) is 31.4 Å². The number of carbonyl (C=O) groups is 2. The highest BCUT2D eigenvalue weighted by atomic mass is 16.5. The van der Waals surface area contributed by atoms with Gasteiger partial charge < -0.3 is 24.3 Å². The van der Waals surface area contributed by atoms with Crippen LogP contribution in [-0.4, -0.2) is 55.7 Å². The molecule has 1 unspecified atom stereocenters. The summed E-state index contributed by atoms with van der Waals surface area (Å²) in [6.07, 6.45) is 2.40. The fraction of sp³-hybridized carbons (Fsp3) is 0.500. The van der Waals surface area contributed by atoms with E-state index in [4.69, 9.17) is 9.47 Å². The molecule has 1 aromatic carbocycles. The molecule has 0 saturated carbocycles. The third kappa shape index (κ3) is 5.95. The number of anilines is 1. The van der Waals surface area contributed by atoms with E-state index in [0.29, 0.717) is 12.2 Å². The van der Waals surface area contributed by atoms with Gasteiger partial charge in [0.05, 0.1) is 19.8 Å². The summed E-state index contributed by atoms with van der Waals surface area (Å²) in [5.74, 6) is 0.695. The molecule has 0 spiro atoms. The number of benzene rings is 1. The molecule has 0 bridgehead atoms. The molecule has 1 aliphatic rings. The number of methoxy groups -OCH3 is 1. The van der Waals surface area contributed by atoms with Crippen LogP contribution in [0.3, 0.4) is 0 Å². The lowest BCUT2D eigenvalue weighted by atomic mass is 10.1. The van der Waals surface area contributed by atoms with E-state index in [1.165, 1.54) is 0 Å². The minimum atomic E-state index is -0.112. The number of amides is 1. The molecule has 2 aromatic rings. The first-order chi connectivity index (χ1) is 14.9. The lowest BCUT2D eigenvalue weighted by Gasteiger charge is -2.17.